The molecule has 0 aliphatic rings. The summed E-state index contributed by atoms with van der Waals surface area (Å²) in [5.41, 5.74) is 7.99. The molecule has 0 bridgehead atoms. The van der Waals surface area contributed by atoms with Crippen molar-refractivity contribution in [1.82, 2.24) is 9.99 Å². The Morgan fingerprint density at radius 3 is 2.65 bits per heavy atom. The number of aromatic nitrogens is 1. The number of amides is 1. The number of carbonyl (C=O) groups excluding carboxylic acids is 1. The molecule has 1 aromatic heterocycles. The van der Waals surface area contributed by atoms with Gasteiger partial charge in [0.15, 0.2) is 6.61 Å². The molecule has 2 aromatic rings. The van der Waals surface area contributed by atoms with Crippen molar-refractivity contribution in [1.29, 1.82) is 0 Å². The van der Waals surface area contributed by atoms with Gasteiger partial charge in [0.05, 0.1) is 6.21 Å². The van der Waals surface area contributed by atoms with E-state index in [-0.39, 0.29) is 12.5 Å². The molecule has 1 aromatic carbocycles. The van der Waals surface area contributed by atoms with E-state index in [4.69, 9.17) is 4.74 Å². The lowest BCUT2D eigenvalue weighted by atomic mass is 10.1. The average Bonchev–Trinajstić information content (AvgIpc) is 2.83. The van der Waals surface area contributed by atoms with Gasteiger partial charge in [0, 0.05) is 23.5 Å². The molecule has 26 heavy (non-hydrogen) atoms. The topological polar surface area (TPSA) is 55.6 Å². The molecule has 0 saturated heterocycles. The first-order chi connectivity index (χ1) is 12.3. The van der Waals surface area contributed by atoms with E-state index < -0.39 is 0 Å². The zero-order valence-electron chi connectivity index (χ0n) is 16.6. The summed E-state index contributed by atoms with van der Waals surface area (Å²) in [6, 6.07) is 8.01. The number of nitrogens with one attached hydrogen (secondary N) is 1. The molecule has 0 aliphatic heterocycles. The maximum absolute atomic E-state index is 12.0. The molecule has 0 aliphatic carbocycles. The summed E-state index contributed by atoms with van der Waals surface area (Å²) in [7, 11) is 0. The van der Waals surface area contributed by atoms with Crippen molar-refractivity contribution >= 4 is 12.1 Å². The van der Waals surface area contributed by atoms with Crippen molar-refractivity contribution in [2.24, 2.45) is 11.0 Å². The van der Waals surface area contributed by atoms with Gasteiger partial charge in [-0.1, -0.05) is 26.0 Å². The molecule has 5 nitrogen and oxygen atoms in total. The predicted octanol–water partition coefficient (Wildman–Crippen LogP) is 3.91. The van der Waals surface area contributed by atoms with E-state index in [1.54, 1.807) is 6.21 Å². The van der Waals surface area contributed by atoms with E-state index in [9.17, 15) is 4.79 Å². The molecule has 1 N–H and O–H groups in total. The van der Waals surface area contributed by atoms with Crippen LogP contribution in [-0.2, 0) is 11.3 Å². The SMILES string of the molecule is Cc1ccc(C)c(OCC(=O)NN=Cc2cc(C)n(CC(C)C)c2C)c1. The molecular formula is C21H29N3O2. The Labute approximate surface area is 156 Å². The summed E-state index contributed by atoms with van der Waals surface area (Å²) in [4.78, 5) is 12.0. The fourth-order valence-electron chi connectivity index (χ4n) is 2.82. The largest absolute Gasteiger partial charge is 0.483 e. The minimum atomic E-state index is -0.279. The number of hydrogen-bond acceptors (Lipinski definition) is 3. The quantitative estimate of drug-likeness (QED) is 0.605. The fourth-order valence-corrected chi connectivity index (χ4v) is 2.82. The van der Waals surface area contributed by atoms with Crippen LogP contribution in [0.25, 0.3) is 0 Å². The van der Waals surface area contributed by atoms with Crippen LogP contribution in [0.2, 0.25) is 0 Å². The lowest BCUT2D eigenvalue weighted by Gasteiger charge is -2.11. The third-order valence-electron chi connectivity index (χ3n) is 4.26. The Balaban J connectivity index is 1.92. The van der Waals surface area contributed by atoms with Crippen molar-refractivity contribution in [3.05, 3.63) is 52.3 Å². The highest BCUT2D eigenvalue weighted by Crippen LogP contribution is 2.19. The number of benzene rings is 1. The van der Waals surface area contributed by atoms with Gasteiger partial charge < -0.3 is 9.30 Å². The predicted molar refractivity (Wildman–Crippen MR) is 106 cm³/mol. The number of aryl methyl sites for hydroxylation is 3. The molecule has 0 saturated carbocycles. The highest BCUT2D eigenvalue weighted by molar-refractivity contribution is 5.84. The Bertz CT molecular complexity index is 804. The first-order valence-corrected chi connectivity index (χ1v) is 8.96. The number of nitrogens with zero attached hydrogens (tertiary/aromatic N) is 2. The molecule has 1 heterocycles. The lowest BCUT2D eigenvalue weighted by molar-refractivity contribution is -0.123. The van der Waals surface area contributed by atoms with Gasteiger partial charge in [0.1, 0.15) is 5.75 Å². The zero-order valence-corrected chi connectivity index (χ0v) is 16.6. The van der Waals surface area contributed by atoms with Crippen LogP contribution in [0.5, 0.6) is 5.75 Å². The second-order valence-electron chi connectivity index (χ2n) is 7.18. The van der Waals surface area contributed by atoms with Crippen LogP contribution in [0.15, 0.2) is 29.4 Å². The van der Waals surface area contributed by atoms with Crippen LogP contribution in [0.1, 0.15) is 41.9 Å². The molecule has 1 amide bonds. The maximum Gasteiger partial charge on any atom is 0.277 e. The van der Waals surface area contributed by atoms with Gasteiger partial charge in [0.25, 0.3) is 5.91 Å². The third kappa shape index (κ3) is 5.22. The van der Waals surface area contributed by atoms with Crippen LogP contribution in [0.4, 0.5) is 0 Å². The number of hydrogen-bond donors (Lipinski definition) is 1. The summed E-state index contributed by atoms with van der Waals surface area (Å²) in [5, 5.41) is 4.07. The van der Waals surface area contributed by atoms with E-state index in [2.05, 4.69) is 48.9 Å². The molecular weight excluding hydrogens is 326 g/mol. The number of rotatable bonds is 7. The van der Waals surface area contributed by atoms with Crippen LogP contribution < -0.4 is 10.2 Å². The minimum absolute atomic E-state index is 0.0615. The van der Waals surface area contributed by atoms with E-state index >= 15 is 0 Å². The summed E-state index contributed by atoms with van der Waals surface area (Å²) in [5.74, 6) is 1.02. The highest BCUT2D eigenvalue weighted by Gasteiger charge is 2.09. The fraction of sp³-hybridized carbons (Fsp3) is 0.429. The molecule has 0 radical (unpaired) electrons. The Hall–Kier alpha value is -2.56. The van der Waals surface area contributed by atoms with Crippen LogP contribution in [-0.4, -0.2) is 23.3 Å². The van der Waals surface area contributed by atoms with Crippen LogP contribution in [0, 0.1) is 33.6 Å². The first-order valence-electron chi connectivity index (χ1n) is 8.96. The van der Waals surface area contributed by atoms with Gasteiger partial charge in [-0.05, 0) is 56.9 Å². The smallest absolute Gasteiger partial charge is 0.277 e. The molecule has 140 valence electrons. The molecule has 5 heteroatoms. The zero-order chi connectivity index (χ0) is 19.3. The number of carbonyl (C=O) groups is 1. The van der Waals surface area contributed by atoms with Gasteiger partial charge in [-0.3, -0.25) is 4.79 Å². The van der Waals surface area contributed by atoms with E-state index in [1.165, 1.54) is 5.69 Å². The first kappa shape index (κ1) is 19.8. The van der Waals surface area contributed by atoms with Crippen molar-refractivity contribution in [2.75, 3.05) is 6.61 Å². The Kier molecular flexibility index (Phi) is 6.61. The normalized spacial score (nSPS) is 11.3. The summed E-state index contributed by atoms with van der Waals surface area (Å²) in [6.07, 6.45) is 1.69. The van der Waals surface area contributed by atoms with Crippen molar-refractivity contribution in [3.8, 4) is 5.75 Å². The summed E-state index contributed by atoms with van der Waals surface area (Å²) in [6.45, 7) is 13.4. The van der Waals surface area contributed by atoms with Crippen molar-refractivity contribution in [3.63, 3.8) is 0 Å². The van der Waals surface area contributed by atoms with Gasteiger partial charge >= 0.3 is 0 Å². The summed E-state index contributed by atoms with van der Waals surface area (Å²) >= 11 is 0. The minimum Gasteiger partial charge on any atom is -0.483 e. The third-order valence-corrected chi connectivity index (χ3v) is 4.26. The highest BCUT2D eigenvalue weighted by atomic mass is 16.5. The van der Waals surface area contributed by atoms with E-state index in [0.717, 1.165) is 34.7 Å². The van der Waals surface area contributed by atoms with E-state index in [0.29, 0.717) is 5.92 Å². The molecule has 0 atom stereocenters. The second kappa shape index (κ2) is 8.70. The lowest BCUT2D eigenvalue weighted by Crippen LogP contribution is -2.24. The Morgan fingerprint density at radius 1 is 1.23 bits per heavy atom. The van der Waals surface area contributed by atoms with Crippen molar-refractivity contribution < 1.29 is 9.53 Å². The van der Waals surface area contributed by atoms with Gasteiger partial charge in [-0.15, -0.1) is 0 Å². The number of ether oxygens (including phenoxy) is 1. The number of hydrazone groups is 1. The molecule has 0 unspecified atom stereocenters. The molecule has 0 fully saturated rings. The molecule has 2 rings (SSSR count). The maximum atomic E-state index is 12.0. The summed E-state index contributed by atoms with van der Waals surface area (Å²) < 4.78 is 7.86. The molecule has 0 spiro atoms. The van der Waals surface area contributed by atoms with Gasteiger partial charge in [-0.2, -0.15) is 5.10 Å². The monoisotopic (exact) mass is 355 g/mol. The standard InChI is InChI=1S/C21H29N3O2/c1-14(2)12-24-17(5)10-19(18(24)6)11-22-23-21(25)13-26-20-9-15(3)7-8-16(20)4/h7-11,14H,12-13H2,1-6H3,(H,23,25). The Morgan fingerprint density at radius 2 is 1.96 bits per heavy atom. The van der Waals surface area contributed by atoms with Crippen molar-refractivity contribution in [2.45, 2.75) is 48.1 Å². The van der Waals surface area contributed by atoms with Crippen LogP contribution >= 0.6 is 0 Å². The van der Waals surface area contributed by atoms with Crippen LogP contribution in [0.3, 0.4) is 0 Å². The van der Waals surface area contributed by atoms with E-state index in [1.807, 2.05) is 32.0 Å². The average molecular weight is 355 g/mol. The second-order valence-corrected chi connectivity index (χ2v) is 7.18. The van der Waals surface area contributed by atoms with Gasteiger partial charge in [-0.25, -0.2) is 5.43 Å². The van der Waals surface area contributed by atoms with Gasteiger partial charge in [0.2, 0.25) is 0 Å².